The first-order valence-corrected chi connectivity index (χ1v) is 9.63. The van der Waals surface area contributed by atoms with Crippen molar-refractivity contribution in [3.05, 3.63) is 11.4 Å². The Morgan fingerprint density at radius 2 is 1.96 bits per heavy atom. The van der Waals surface area contributed by atoms with E-state index in [4.69, 9.17) is 4.74 Å². The SMILES string of the molecule is CCOC(=O)C[n+]1c(C)c(C)n2c1N=C1C2C(=O)N(CCC(C)C)C(=O)N1C. The second-order valence-corrected chi connectivity index (χ2v) is 7.62. The van der Waals surface area contributed by atoms with Crippen LogP contribution in [0, 0.1) is 19.8 Å². The summed E-state index contributed by atoms with van der Waals surface area (Å²) in [5.41, 5.74) is 1.68. The molecule has 28 heavy (non-hydrogen) atoms. The van der Waals surface area contributed by atoms with E-state index < -0.39 is 6.04 Å². The number of aromatic nitrogens is 2. The Labute approximate surface area is 164 Å². The second kappa shape index (κ2) is 7.37. The maximum Gasteiger partial charge on any atom is 0.402 e. The summed E-state index contributed by atoms with van der Waals surface area (Å²) in [4.78, 5) is 45.3. The first-order chi connectivity index (χ1) is 13.2. The van der Waals surface area contributed by atoms with Gasteiger partial charge in [-0.3, -0.25) is 14.6 Å². The summed E-state index contributed by atoms with van der Waals surface area (Å²) < 4.78 is 8.62. The van der Waals surface area contributed by atoms with Gasteiger partial charge in [-0.1, -0.05) is 18.8 Å². The molecule has 9 nitrogen and oxygen atoms in total. The Hall–Kier alpha value is -2.71. The minimum atomic E-state index is -0.688. The van der Waals surface area contributed by atoms with Crippen LogP contribution in [-0.4, -0.2) is 58.3 Å². The number of nitrogens with zero attached hydrogens (tertiary/aromatic N) is 5. The summed E-state index contributed by atoms with van der Waals surface area (Å²) in [6.45, 7) is 10.3. The molecular weight excluding hydrogens is 362 g/mol. The van der Waals surface area contributed by atoms with Gasteiger partial charge in [0.25, 0.3) is 5.91 Å². The summed E-state index contributed by atoms with van der Waals surface area (Å²) in [7, 11) is 1.63. The topological polar surface area (TPSA) is 88.1 Å². The van der Waals surface area contributed by atoms with Crippen LogP contribution >= 0.6 is 0 Å². The third kappa shape index (κ3) is 3.08. The van der Waals surface area contributed by atoms with Crippen LogP contribution in [0.2, 0.25) is 0 Å². The zero-order valence-electron chi connectivity index (χ0n) is 17.4. The molecule has 1 aromatic rings. The van der Waals surface area contributed by atoms with E-state index in [1.54, 1.807) is 18.5 Å². The van der Waals surface area contributed by atoms with E-state index >= 15 is 0 Å². The van der Waals surface area contributed by atoms with E-state index in [2.05, 4.69) is 18.8 Å². The van der Waals surface area contributed by atoms with Gasteiger partial charge in [0.15, 0.2) is 6.54 Å². The minimum absolute atomic E-state index is 0.00919. The predicted octanol–water partition coefficient (Wildman–Crippen LogP) is 1.48. The lowest BCUT2D eigenvalue weighted by Gasteiger charge is -2.33. The van der Waals surface area contributed by atoms with Crippen LogP contribution in [0.15, 0.2) is 4.99 Å². The molecule has 3 rings (SSSR count). The number of amides is 3. The lowest BCUT2D eigenvalue weighted by Crippen LogP contribution is -2.58. The summed E-state index contributed by atoms with van der Waals surface area (Å²) in [6, 6.07) is -1.05. The Morgan fingerprint density at radius 3 is 2.57 bits per heavy atom. The highest BCUT2D eigenvalue weighted by Gasteiger charge is 2.54. The van der Waals surface area contributed by atoms with Crippen LogP contribution in [0.3, 0.4) is 0 Å². The van der Waals surface area contributed by atoms with Crippen molar-refractivity contribution in [1.29, 1.82) is 0 Å². The molecule has 9 heteroatoms. The molecule has 3 amide bonds. The van der Waals surface area contributed by atoms with Crippen molar-refractivity contribution < 1.29 is 23.7 Å². The molecule has 1 aromatic heterocycles. The second-order valence-electron chi connectivity index (χ2n) is 7.62. The molecule has 2 aliphatic heterocycles. The van der Waals surface area contributed by atoms with E-state index in [1.807, 2.05) is 18.4 Å². The van der Waals surface area contributed by atoms with Crippen molar-refractivity contribution in [3.8, 4) is 0 Å². The van der Waals surface area contributed by atoms with Crippen molar-refractivity contribution in [2.24, 2.45) is 10.9 Å². The van der Waals surface area contributed by atoms with E-state index in [0.717, 1.165) is 17.8 Å². The van der Waals surface area contributed by atoms with Crippen molar-refractivity contribution in [2.45, 2.75) is 53.6 Å². The number of urea groups is 1. The third-order valence-corrected chi connectivity index (χ3v) is 5.35. The Morgan fingerprint density at radius 1 is 1.29 bits per heavy atom. The van der Waals surface area contributed by atoms with E-state index in [9.17, 15) is 14.4 Å². The number of carbonyl (C=O) groups is 3. The summed E-state index contributed by atoms with van der Waals surface area (Å²) in [5, 5.41) is 0. The van der Waals surface area contributed by atoms with Crippen molar-refractivity contribution in [1.82, 2.24) is 14.4 Å². The van der Waals surface area contributed by atoms with Gasteiger partial charge in [0.2, 0.25) is 11.9 Å². The number of amidine groups is 1. The zero-order chi connectivity index (χ0) is 20.7. The largest absolute Gasteiger partial charge is 0.464 e. The Kier molecular flexibility index (Phi) is 5.27. The third-order valence-electron chi connectivity index (χ3n) is 5.35. The number of hydrogen-bond donors (Lipinski definition) is 0. The van der Waals surface area contributed by atoms with Gasteiger partial charge >= 0.3 is 17.9 Å². The molecule has 0 saturated carbocycles. The van der Waals surface area contributed by atoms with Crippen LogP contribution < -0.4 is 4.57 Å². The molecule has 0 spiro atoms. The summed E-state index contributed by atoms with van der Waals surface area (Å²) in [5.74, 6) is 0.617. The first-order valence-electron chi connectivity index (χ1n) is 9.63. The number of esters is 1. The van der Waals surface area contributed by atoms with E-state index in [1.165, 1.54) is 9.80 Å². The standard InChI is InChI=1S/C19H28N5O4/c1-7-28-14(25)10-23-12(4)13(5)24-15-16(20-18(23)24)21(6)19(27)22(17(15)26)9-8-11(2)3/h11,15H,7-10H2,1-6H3/q+1. The molecule has 2 aliphatic rings. The highest BCUT2D eigenvalue weighted by atomic mass is 16.5. The predicted molar refractivity (Wildman–Crippen MR) is 101 cm³/mol. The number of ether oxygens (including phenoxy) is 1. The fourth-order valence-corrected chi connectivity index (χ4v) is 3.62. The average molecular weight is 390 g/mol. The number of fused-ring (bicyclic) bond motifs is 3. The number of aliphatic imine (C=N–C) groups is 1. The van der Waals surface area contributed by atoms with Gasteiger partial charge in [-0.25, -0.2) is 18.7 Å². The quantitative estimate of drug-likeness (QED) is 0.544. The number of hydrogen-bond acceptors (Lipinski definition) is 5. The molecule has 152 valence electrons. The minimum Gasteiger partial charge on any atom is -0.464 e. The molecule has 1 saturated heterocycles. The number of carbonyl (C=O) groups excluding carboxylic acids is 3. The average Bonchev–Trinajstić information content (AvgIpc) is 3.12. The summed E-state index contributed by atoms with van der Waals surface area (Å²) >= 11 is 0. The first kappa shape index (κ1) is 20.0. The van der Waals surface area contributed by atoms with E-state index in [0.29, 0.717) is 30.9 Å². The molecule has 0 N–H and O–H groups in total. The number of imidazole rings is 1. The van der Waals surface area contributed by atoms with Crippen LogP contribution in [-0.2, 0) is 20.9 Å². The highest BCUT2D eigenvalue weighted by molar-refractivity contribution is 6.20. The number of rotatable bonds is 6. The van der Waals surface area contributed by atoms with Gasteiger partial charge < -0.3 is 4.74 Å². The van der Waals surface area contributed by atoms with E-state index in [-0.39, 0.29) is 24.5 Å². The fourth-order valence-electron chi connectivity index (χ4n) is 3.62. The van der Waals surface area contributed by atoms with Crippen LogP contribution in [0.5, 0.6) is 0 Å². The maximum absolute atomic E-state index is 13.2. The van der Waals surface area contributed by atoms with Gasteiger partial charge in [-0.05, 0) is 33.1 Å². The summed E-state index contributed by atoms with van der Waals surface area (Å²) in [6.07, 6.45) is 0.740. The molecule has 3 heterocycles. The number of likely N-dealkylation sites (N-methyl/N-ethyl adjacent to an activating group) is 1. The fraction of sp³-hybridized carbons (Fsp3) is 0.632. The Bertz CT molecular complexity index is 870. The van der Waals surface area contributed by atoms with Crippen LogP contribution in [0.4, 0.5) is 10.7 Å². The zero-order valence-corrected chi connectivity index (χ0v) is 17.4. The van der Waals surface area contributed by atoms with Gasteiger partial charge in [-0.15, -0.1) is 0 Å². The molecule has 1 atom stereocenters. The van der Waals surface area contributed by atoms with Crippen molar-refractivity contribution in [2.75, 3.05) is 20.2 Å². The molecule has 1 unspecified atom stereocenters. The molecule has 0 aromatic carbocycles. The molecule has 1 fully saturated rings. The van der Waals surface area contributed by atoms with Crippen molar-refractivity contribution >= 4 is 29.7 Å². The lowest BCUT2D eigenvalue weighted by atomic mass is 10.1. The van der Waals surface area contributed by atoms with Crippen LogP contribution in [0.25, 0.3) is 0 Å². The molecular formula is C19H28N5O4+. The maximum atomic E-state index is 13.2. The lowest BCUT2D eigenvalue weighted by molar-refractivity contribution is -0.678. The van der Waals surface area contributed by atoms with Gasteiger partial charge in [0.1, 0.15) is 11.4 Å². The monoisotopic (exact) mass is 390 g/mol. The highest BCUT2D eigenvalue weighted by Crippen LogP contribution is 2.35. The van der Waals surface area contributed by atoms with Crippen LogP contribution in [0.1, 0.15) is 44.6 Å². The Balaban J connectivity index is 2.01. The molecule has 0 bridgehead atoms. The molecule has 0 radical (unpaired) electrons. The van der Waals surface area contributed by atoms with Gasteiger partial charge in [0.05, 0.1) is 6.61 Å². The number of imide groups is 1. The normalized spacial score (nSPS) is 18.5. The van der Waals surface area contributed by atoms with Gasteiger partial charge in [0, 0.05) is 13.6 Å². The van der Waals surface area contributed by atoms with Crippen molar-refractivity contribution in [3.63, 3.8) is 0 Å². The molecule has 0 aliphatic carbocycles. The smallest absolute Gasteiger partial charge is 0.402 e. The van der Waals surface area contributed by atoms with Gasteiger partial charge in [-0.2, -0.15) is 0 Å².